The SMILES string of the molecule is C/C=C(\C)C(=O)O[C@H]1[C@H](O)[C@@H](O)[C@H](O[C@@H]2[C@H]3OC(=O)CCCCCCCCC[C@H](CCCCC)O[C@@H]4O[C@H](C)[C@@H](O)[C@H](O)[C@H]4O[C@@H]4O[C@H](CO)[C@@H](O)[C@H](O)[C@H]4O[C@H](O[C@H]2C)[C@@H]3OC(=O)[C@@H](C)CC)O[C@@H]1CO. The Balaban J connectivity index is 1.56. The van der Waals surface area contributed by atoms with Crippen LogP contribution in [0.15, 0.2) is 11.6 Å². The molecule has 22 heteroatoms. The van der Waals surface area contributed by atoms with Gasteiger partial charge in [0.05, 0.1) is 37.4 Å². The van der Waals surface area contributed by atoms with E-state index in [4.69, 9.17) is 52.1 Å². The molecule has 5 heterocycles. The van der Waals surface area contributed by atoms with Gasteiger partial charge in [0.25, 0.3) is 0 Å². The molecule has 8 N–H and O–H groups in total. The minimum Gasteiger partial charge on any atom is -0.455 e. The molecule has 2 bridgehead atoms. The van der Waals surface area contributed by atoms with Crippen molar-refractivity contribution in [3.63, 3.8) is 0 Å². The lowest BCUT2D eigenvalue weighted by Crippen LogP contribution is -2.68. The van der Waals surface area contributed by atoms with Crippen LogP contribution >= 0.6 is 0 Å². The average molecular weight is 1040 g/mol. The third-order valence-corrected chi connectivity index (χ3v) is 14.4. The first kappa shape index (κ1) is 60.4. The molecule has 22 atom stereocenters. The lowest BCUT2D eigenvalue weighted by molar-refractivity contribution is -0.399. The Morgan fingerprint density at radius 1 is 0.653 bits per heavy atom. The van der Waals surface area contributed by atoms with Crippen LogP contribution < -0.4 is 0 Å². The molecule has 0 aromatic heterocycles. The fourth-order valence-corrected chi connectivity index (χ4v) is 9.45. The Morgan fingerprint density at radius 2 is 1.26 bits per heavy atom. The standard InChI is InChI=1S/C50H84O22/c1-8-11-17-20-29-21-18-15-13-12-14-16-19-22-32(53)67-43-39(70-47-38(59)37(58)40(31(24-52)66-47)68-45(60)25(4)9-2)28(7)63-50(44(43)69-46(61)26(5)10-3)72-42-36(57)34(55)30(23-51)65-49(42)71-41-35(56)33(54)27(6)62-48(41)64-29/h9,26-31,33-44,47-52,54-59H,8,10-24H2,1-7H3/b25-9+/t26-,27+,28-,29-,30+,31+,33+,34+,35-,36-,37+,38+,39-,40+,41+,42+,43+,44+,47-,48-,49-,50-/m0/s1. The van der Waals surface area contributed by atoms with Gasteiger partial charge in [0, 0.05) is 12.0 Å². The minimum atomic E-state index is -1.95. The molecule has 5 aliphatic heterocycles. The van der Waals surface area contributed by atoms with Gasteiger partial charge in [-0.2, -0.15) is 0 Å². The van der Waals surface area contributed by atoms with Crippen molar-refractivity contribution in [1.29, 1.82) is 0 Å². The molecule has 5 saturated heterocycles. The highest BCUT2D eigenvalue weighted by Crippen LogP contribution is 2.38. The van der Waals surface area contributed by atoms with E-state index in [1.54, 1.807) is 27.7 Å². The first-order valence-corrected chi connectivity index (χ1v) is 26.2. The third-order valence-electron chi connectivity index (χ3n) is 14.4. The number of ether oxygens (including phenoxy) is 11. The molecule has 5 fully saturated rings. The van der Waals surface area contributed by atoms with E-state index in [1.807, 2.05) is 0 Å². The van der Waals surface area contributed by atoms with Gasteiger partial charge >= 0.3 is 17.9 Å². The number of aliphatic hydroxyl groups is 8. The van der Waals surface area contributed by atoms with Gasteiger partial charge in [-0.15, -0.1) is 0 Å². The second-order valence-corrected chi connectivity index (χ2v) is 19.9. The first-order chi connectivity index (χ1) is 34.4. The molecule has 0 aromatic rings. The Hall–Kier alpha value is -2.49. The van der Waals surface area contributed by atoms with Crippen LogP contribution in [-0.2, 0) is 66.5 Å². The summed E-state index contributed by atoms with van der Waals surface area (Å²) < 4.78 is 68.0. The summed E-state index contributed by atoms with van der Waals surface area (Å²) in [6.45, 7) is 9.93. The Morgan fingerprint density at radius 3 is 1.90 bits per heavy atom. The molecule has 0 saturated carbocycles. The maximum atomic E-state index is 14.0. The molecule has 5 rings (SSSR count). The van der Waals surface area contributed by atoms with Gasteiger partial charge in [0.2, 0.25) is 0 Å². The van der Waals surface area contributed by atoms with E-state index in [9.17, 15) is 55.2 Å². The predicted octanol–water partition coefficient (Wildman–Crippen LogP) is 1.47. The smallest absolute Gasteiger partial charge is 0.333 e. The Kier molecular flexibility index (Phi) is 24.4. The van der Waals surface area contributed by atoms with Crippen molar-refractivity contribution in [3.05, 3.63) is 11.6 Å². The second kappa shape index (κ2) is 29.1. The van der Waals surface area contributed by atoms with Gasteiger partial charge in [-0.3, -0.25) is 9.59 Å². The van der Waals surface area contributed by atoms with Crippen molar-refractivity contribution in [2.75, 3.05) is 13.2 Å². The number of aliphatic hydroxyl groups excluding tert-OH is 8. The van der Waals surface area contributed by atoms with Crippen LogP contribution in [0.5, 0.6) is 0 Å². The summed E-state index contributed by atoms with van der Waals surface area (Å²) in [6, 6.07) is 0. The number of hydrogen-bond donors (Lipinski definition) is 8. The van der Waals surface area contributed by atoms with Crippen molar-refractivity contribution in [2.24, 2.45) is 5.92 Å². The summed E-state index contributed by atoms with van der Waals surface area (Å²) in [5.74, 6) is -3.11. The fourth-order valence-electron chi connectivity index (χ4n) is 9.45. The molecular weight excluding hydrogens is 953 g/mol. The normalized spacial score (nSPS) is 41.8. The number of esters is 3. The summed E-state index contributed by atoms with van der Waals surface area (Å²) in [4.78, 5) is 40.5. The predicted molar refractivity (Wildman–Crippen MR) is 250 cm³/mol. The second-order valence-electron chi connectivity index (χ2n) is 19.9. The number of hydrogen-bond acceptors (Lipinski definition) is 22. The summed E-state index contributed by atoms with van der Waals surface area (Å²) in [5, 5.41) is 89.3. The zero-order valence-corrected chi connectivity index (χ0v) is 42.9. The lowest BCUT2D eigenvalue weighted by Gasteiger charge is -2.50. The van der Waals surface area contributed by atoms with Crippen molar-refractivity contribution >= 4 is 17.9 Å². The van der Waals surface area contributed by atoms with E-state index in [1.165, 1.54) is 19.9 Å². The zero-order valence-electron chi connectivity index (χ0n) is 42.9. The maximum Gasteiger partial charge on any atom is 0.333 e. The molecule has 416 valence electrons. The molecule has 0 unspecified atom stereocenters. The highest BCUT2D eigenvalue weighted by atomic mass is 16.8. The van der Waals surface area contributed by atoms with Crippen LogP contribution in [0, 0.1) is 5.92 Å². The minimum absolute atomic E-state index is 0.0728. The number of allylic oxidation sites excluding steroid dienone is 1. The summed E-state index contributed by atoms with van der Waals surface area (Å²) in [6.07, 6.45) is -21.3. The van der Waals surface area contributed by atoms with Gasteiger partial charge in [-0.1, -0.05) is 84.6 Å². The quantitative estimate of drug-likeness (QED) is 0.0560. The lowest BCUT2D eigenvalue weighted by atomic mass is 9.95. The Labute approximate surface area is 422 Å². The van der Waals surface area contributed by atoms with Crippen molar-refractivity contribution < 1.29 is 107 Å². The van der Waals surface area contributed by atoms with E-state index in [-0.39, 0.29) is 18.1 Å². The van der Waals surface area contributed by atoms with Gasteiger partial charge in [0.1, 0.15) is 67.1 Å². The first-order valence-electron chi connectivity index (χ1n) is 26.2. The number of carbonyl (C=O) groups is 3. The number of fused-ring (bicyclic) bond motifs is 4. The fraction of sp³-hybridized carbons (Fsp3) is 0.900. The maximum absolute atomic E-state index is 14.0. The van der Waals surface area contributed by atoms with Gasteiger partial charge in [-0.05, 0) is 53.4 Å². The topological polar surface area (TPSA) is 315 Å². The molecule has 72 heavy (non-hydrogen) atoms. The van der Waals surface area contributed by atoms with Crippen molar-refractivity contribution in [1.82, 2.24) is 0 Å². The molecule has 0 aromatic carbocycles. The average Bonchev–Trinajstić information content (AvgIpc) is 3.36. The van der Waals surface area contributed by atoms with E-state index in [0.29, 0.717) is 32.1 Å². The van der Waals surface area contributed by atoms with Crippen LogP contribution in [0.25, 0.3) is 0 Å². The number of carbonyl (C=O) groups excluding carboxylic acids is 3. The number of rotatable bonds is 13. The van der Waals surface area contributed by atoms with E-state index in [2.05, 4.69) is 6.92 Å². The van der Waals surface area contributed by atoms with Gasteiger partial charge in [-0.25, -0.2) is 4.79 Å². The third kappa shape index (κ3) is 15.6. The van der Waals surface area contributed by atoms with Gasteiger partial charge in [0.15, 0.2) is 43.5 Å². The van der Waals surface area contributed by atoms with E-state index >= 15 is 0 Å². The highest BCUT2D eigenvalue weighted by molar-refractivity contribution is 5.87. The molecule has 0 amide bonds. The van der Waals surface area contributed by atoms with Crippen molar-refractivity contribution in [3.8, 4) is 0 Å². The van der Waals surface area contributed by atoms with Gasteiger partial charge < -0.3 is 93.0 Å². The zero-order chi connectivity index (χ0) is 52.8. The highest BCUT2D eigenvalue weighted by Gasteiger charge is 2.58. The van der Waals surface area contributed by atoms with Crippen LogP contribution in [0.2, 0.25) is 0 Å². The molecule has 22 nitrogen and oxygen atoms in total. The van der Waals surface area contributed by atoms with Crippen LogP contribution in [0.3, 0.4) is 0 Å². The van der Waals surface area contributed by atoms with Crippen LogP contribution in [0.4, 0.5) is 0 Å². The molecule has 0 aliphatic carbocycles. The largest absolute Gasteiger partial charge is 0.455 e. The molecular formula is C50H84O22. The summed E-state index contributed by atoms with van der Waals surface area (Å²) >= 11 is 0. The monoisotopic (exact) mass is 1040 g/mol. The molecule has 0 spiro atoms. The van der Waals surface area contributed by atoms with Crippen LogP contribution in [0.1, 0.15) is 138 Å². The van der Waals surface area contributed by atoms with Crippen molar-refractivity contribution in [2.45, 2.75) is 267 Å². The molecule has 5 aliphatic rings. The van der Waals surface area contributed by atoms with Crippen LogP contribution in [-0.4, -0.2) is 201 Å². The number of unbranched alkanes of at least 4 members (excludes halogenated alkanes) is 2. The molecule has 0 radical (unpaired) electrons. The van der Waals surface area contributed by atoms with E-state index < -0.39 is 160 Å². The summed E-state index contributed by atoms with van der Waals surface area (Å²) in [7, 11) is 0. The van der Waals surface area contributed by atoms with E-state index in [0.717, 1.165) is 51.4 Å². The summed E-state index contributed by atoms with van der Waals surface area (Å²) in [5.41, 5.74) is 0.186. The Bertz CT molecular complexity index is 1680.